The molecular weight excluding hydrogens is 453 g/mol. The van der Waals surface area contributed by atoms with Crippen molar-refractivity contribution in [2.24, 2.45) is 4.99 Å². The highest BCUT2D eigenvalue weighted by molar-refractivity contribution is 5.84. The van der Waals surface area contributed by atoms with Crippen LogP contribution in [-0.4, -0.2) is 37.1 Å². The van der Waals surface area contributed by atoms with Crippen LogP contribution in [0.5, 0.6) is 5.75 Å². The summed E-state index contributed by atoms with van der Waals surface area (Å²) >= 11 is 0. The van der Waals surface area contributed by atoms with Crippen LogP contribution >= 0.6 is 0 Å². The standard InChI is InChI=1S/C30H30FN3O2/c1-22-19-25(20-32-26-7-9-27(10-8-26)33-15-17-35-18-16-33)23(2)34(22)28-11-13-29(14-12-28)36-21-24-5-3-4-6-30(24)31/h3-14,19-20H,15-18,21H2,1-2H3. The second-order valence-electron chi connectivity index (χ2n) is 8.91. The van der Waals surface area contributed by atoms with E-state index in [9.17, 15) is 4.39 Å². The number of aliphatic imine (C=N–C) groups is 1. The van der Waals surface area contributed by atoms with E-state index in [4.69, 9.17) is 14.5 Å². The zero-order valence-corrected chi connectivity index (χ0v) is 20.7. The highest BCUT2D eigenvalue weighted by Gasteiger charge is 2.12. The van der Waals surface area contributed by atoms with Gasteiger partial charge in [-0.25, -0.2) is 4.39 Å². The fourth-order valence-electron chi connectivity index (χ4n) is 4.50. The minimum Gasteiger partial charge on any atom is -0.489 e. The number of nitrogens with zero attached hydrogens (tertiary/aromatic N) is 3. The zero-order valence-electron chi connectivity index (χ0n) is 20.7. The lowest BCUT2D eigenvalue weighted by molar-refractivity contribution is 0.122. The lowest BCUT2D eigenvalue weighted by atomic mass is 10.2. The van der Waals surface area contributed by atoms with Gasteiger partial charge in [-0.2, -0.15) is 0 Å². The number of halogens is 1. The van der Waals surface area contributed by atoms with Gasteiger partial charge in [0.1, 0.15) is 18.2 Å². The van der Waals surface area contributed by atoms with Gasteiger partial charge in [0.15, 0.2) is 0 Å². The van der Waals surface area contributed by atoms with Gasteiger partial charge in [0.05, 0.1) is 18.9 Å². The number of hydrogen-bond acceptors (Lipinski definition) is 4. The molecule has 184 valence electrons. The summed E-state index contributed by atoms with van der Waals surface area (Å²) in [6.45, 7) is 7.78. The first-order valence-electron chi connectivity index (χ1n) is 12.2. The van der Waals surface area contributed by atoms with Crippen LogP contribution < -0.4 is 9.64 Å². The van der Waals surface area contributed by atoms with Crippen LogP contribution in [0.2, 0.25) is 0 Å². The average Bonchev–Trinajstić information content (AvgIpc) is 3.20. The number of ether oxygens (including phenoxy) is 2. The monoisotopic (exact) mass is 483 g/mol. The van der Waals surface area contributed by atoms with E-state index in [1.807, 2.05) is 36.5 Å². The van der Waals surface area contributed by atoms with Gasteiger partial charge in [-0.05, 0) is 74.5 Å². The molecule has 0 saturated carbocycles. The predicted molar refractivity (Wildman–Crippen MR) is 143 cm³/mol. The molecule has 0 aliphatic carbocycles. The van der Waals surface area contributed by atoms with Gasteiger partial charge in [-0.3, -0.25) is 4.99 Å². The number of aromatic nitrogens is 1. The van der Waals surface area contributed by atoms with Gasteiger partial charge < -0.3 is 18.9 Å². The zero-order chi connectivity index (χ0) is 24.9. The first-order chi connectivity index (χ1) is 17.6. The Morgan fingerprint density at radius 2 is 1.61 bits per heavy atom. The van der Waals surface area contributed by atoms with Crippen molar-refractivity contribution in [2.75, 3.05) is 31.2 Å². The Morgan fingerprint density at radius 1 is 0.917 bits per heavy atom. The first-order valence-corrected chi connectivity index (χ1v) is 12.2. The first kappa shape index (κ1) is 23.8. The number of aryl methyl sites for hydroxylation is 1. The maximum Gasteiger partial charge on any atom is 0.129 e. The van der Waals surface area contributed by atoms with Crippen LogP contribution in [0.25, 0.3) is 5.69 Å². The maximum absolute atomic E-state index is 13.8. The Bertz CT molecular complexity index is 1340. The third-order valence-corrected chi connectivity index (χ3v) is 6.50. The lowest BCUT2D eigenvalue weighted by Crippen LogP contribution is -2.36. The van der Waals surface area contributed by atoms with Crippen LogP contribution in [0, 0.1) is 19.7 Å². The largest absolute Gasteiger partial charge is 0.489 e. The van der Waals surface area contributed by atoms with Crippen molar-refractivity contribution in [2.45, 2.75) is 20.5 Å². The molecular formula is C30H30FN3O2. The fraction of sp³-hybridized carbons (Fsp3) is 0.233. The van der Waals surface area contributed by atoms with E-state index < -0.39 is 0 Å². The van der Waals surface area contributed by atoms with E-state index in [0.29, 0.717) is 11.3 Å². The topological polar surface area (TPSA) is 39.0 Å². The van der Waals surface area contributed by atoms with E-state index in [2.05, 4.69) is 53.6 Å². The molecule has 3 aromatic carbocycles. The number of rotatable bonds is 7. The van der Waals surface area contributed by atoms with Crippen LogP contribution in [0.1, 0.15) is 22.5 Å². The van der Waals surface area contributed by atoms with Crippen molar-refractivity contribution in [1.29, 1.82) is 0 Å². The Morgan fingerprint density at radius 3 is 2.33 bits per heavy atom. The predicted octanol–water partition coefficient (Wildman–Crippen LogP) is 6.40. The summed E-state index contributed by atoms with van der Waals surface area (Å²) in [5, 5.41) is 0. The molecule has 2 heterocycles. The van der Waals surface area contributed by atoms with Crippen LogP contribution in [-0.2, 0) is 11.3 Å². The van der Waals surface area contributed by atoms with Crippen molar-refractivity contribution >= 4 is 17.6 Å². The Kier molecular flexibility index (Phi) is 7.14. The van der Waals surface area contributed by atoms with Crippen molar-refractivity contribution < 1.29 is 13.9 Å². The summed E-state index contributed by atoms with van der Waals surface area (Å²) < 4.78 is 27.3. The second kappa shape index (κ2) is 10.8. The molecule has 1 aliphatic heterocycles. The molecule has 0 radical (unpaired) electrons. The SMILES string of the molecule is Cc1cc(C=Nc2ccc(N3CCOCC3)cc2)c(C)n1-c1ccc(OCc2ccccc2F)cc1. The Labute approximate surface area is 211 Å². The van der Waals surface area contributed by atoms with Crippen molar-refractivity contribution in [3.63, 3.8) is 0 Å². The Hall–Kier alpha value is -3.90. The van der Waals surface area contributed by atoms with Crippen LogP contribution in [0.15, 0.2) is 83.9 Å². The molecule has 4 aromatic rings. The normalized spacial score (nSPS) is 13.9. The minimum absolute atomic E-state index is 0.196. The van der Waals surface area contributed by atoms with Gasteiger partial charge in [-0.15, -0.1) is 0 Å². The molecule has 1 fully saturated rings. The molecule has 0 unspecified atom stereocenters. The lowest BCUT2D eigenvalue weighted by Gasteiger charge is -2.28. The summed E-state index contributed by atoms with van der Waals surface area (Å²) in [5.41, 5.74) is 7.02. The molecule has 5 rings (SSSR count). The highest BCUT2D eigenvalue weighted by Crippen LogP contribution is 2.24. The van der Waals surface area contributed by atoms with Gasteiger partial charge in [0.2, 0.25) is 0 Å². The van der Waals surface area contributed by atoms with Crippen molar-refractivity contribution in [3.05, 3.63) is 107 Å². The third-order valence-electron chi connectivity index (χ3n) is 6.50. The molecule has 36 heavy (non-hydrogen) atoms. The molecule has 1 saturated heterocycles. The number of benzene rings is 3. The number of hydrogen-bond donors (Lipinski definition) is 0. The maximum atomic E-state index is 13.8. The van der Waals surface area contributed by atoms with E-state index in [1.165, 1.54) is 11.8 Å². The molecule has 0 atom stereocenters. The van der Waals surface area contributed by atoms with Crippen LogP contribution in [0.4, 0.5) is 15.8 Å². The van der Waals surface area contributed by atoms with E-state index >= 15 is 0 Å². The number of morpholine rings is 1. The van der Waals surface area contributed by atoms with E-state index in [-0.39, 0.29) is 12.4 Å². The van der Waals surface area contributed by atoms with Gasteiger partial charge >= 0.3 is 0 Å². The summed E-state index contributed by atoms with van der Waals surface area (Å²) in [7, 11) is 0. The molecule has 1 aliphatic rings. The van der Waals surface area contributed by atoms with Gasteiger partial charge in [-0.1, -0.05) is 18.2 Å². The fourth-order valence-corrected chi connectivity index (χ4v) is 4.50. The molecule has 6 heteroatoms. The molecule has 0 spiro atoms. The highest BCUT2D eigenvalue weighted by atomic mass is 19.1. The minimum atomic E-state index is -0.255. The van der Waals surface area contributed by atoms with Crippen LogP contribution in [0.3, 0.4) is 0 Å². The summed E-state index contributed by atoms with van der Waals surface area (Å²) in [6.07, 6.45) is 1.93. The molecule has 5 nitrogen and oxygen atoms in total. The number of anilines is 1. The third kappa shape index (κ3) is 5.34. The molecule has 0 bridgehead atoms. The van der Waals surface area contributed by atoms with Crippen molar-refractivity contribution in [3.8, 4) is 11.4 Å². The molecule has 0 amide bonds. The van der Waals surface area contributed by atoms with Gasteiger partial charge in [0, 0.05) is 53.2 Å². The van der Waals surface area contributed by atoms with Crippen molar-refractivity contribution in [1.82, 2.24) is 4.57 Å². The molecule has 1 aromatic heterocycles. The van der Waals surface area contributed by atoms with E-state index in [0.717, 1.165) is 54.6 Å². The molecule has 0 N–H and O–H groups in total. The quantitative estimate of drug-likeness (QED) is 0.286. The average molecular weight is 484 g/mol. The van der Waals surface area contributed by atoms with E-state index in [1.54, 1.807) is 12.1 Å². The van der Waals surface area contributed by atoms with Gasteiger partial charge in [0.25, 0.3) is 0 Å². The smallest absolute Gasteiger partial charge is 0.129 e. The summed E-state index contributed by atoms with van der Waals surface area (Å²) in [4.78, 5) is 7.05. The Balaban J connectivity index is 1.27. The second-order valence-corrected chi connectivity index (χ2v) is 8.91. The summed E-state index contributed by atoms with van der Waals surface area (Å²) in [6, 6.07) is 25.0. The summed E-state index contributed by atoms with van der Waals surface area (Å²) in [5.74, 6) is 0.446.